The van der Waals surface area contributed by atoms with Crippen LogP contribution < -0.4 is 5.32 Å². The molecule has 17 nitrogen and oxygen atoms in total. The van der Waals surface area contributed by atoms with E-state index in [4.69, 9.17) is 4.74 Å². The number of phosphoric acid groups is 3. The van der Waals surface area contributed by atoms with E-state index >= 15 is 4.39 Å². The van der Waals surface area contributed by atoms with Crippen LogP contribution in [0.4, 0.5) is 4.39 Å². The zero-order chi connectivity index (χ0) is 40.7. The fraction of sp³-hybridized carbons (Fsp3) is 0.735. The van der Waals surface area contributed by atoms with E-state index in [9.17, 15) is 53.0 Å². The molecule has 0 spiro atoms. The molecule has 12 atom stereocenters. The van der Waals surface area contributed by atoms with Crippen LogP contribution in [-0.2, 0) is 50.5 Å². The first-order valence-corrected chi connectivity index (χ1v) is 22.6. The standard InChI is InChI=1S/C34H49FNO16P3/c1-22-17-27-26-12-11-23-18-24(37)13-14-31(23,2)33(26,35)28(38)19-32(27,3)34(22,41)29(39)20-50-54(44,45)52-55(46,47)51-53(42,43)49-16-15-36-30(40)21-48-25-9-7-5-4-6-8-10-25/h13-14,18,22,25-28,38,41H,4-7,9,11-12,15-17,19-21H2,1-3H3,(H,36,40)(H,42,43)(H,44,45)(H,46,47)/t22-,25?,26+,27+,28+,31+,32+,33+,34+/m1/s1. The van der Waals surface area contributed by atoms with Crippen molar-refractivity contribution in [1.29, 1.82) is 0 Å². The number of aliphatic hydroxyl groups excluding tert-OH is 1. The molecule has 6 N–H and O–H groups in total. The van der Waals surface area contributed by atoms with E-state index in [1.807, 2.05) is 0 Å². The van der Waals surface area contributed by atoms with E-state index in [0.29, 0.717) is 18.4 Å². The SMILES string of the molecule is C[C@@H]1C[C@H]2[C@@H]3CCC4=CC(=O)C=C[C@]4(C)[C@@]3(F)[C@@H](O)C[C@]2(C)[C@@]1(O)C(=O)COP(=O)(O)OP(=O)(O)OP(=O)(O)OCCNC(=O)COC1C#CCCCCC1. The van der Waals surface area contributed by atoms with Crippen molar-refractivity contribution >= 4 is 40.9 Å². The van der Waals surface area contributed by atoms with Gasteiger partial charge in [-0.2, -0.15) is 8.62 Å². The summed E-state index contributed by atoms with van der Waals surface area (Å²) in [5.74, 6) is 1.46. The number of rotatable bonds is 15. The predicted octanol–water partition coefficient (Wildman–Crippen LogP) is 3.74. The van der Waals surface area contributed by atoms with Gasteiger partial charge in [-0.3, -0.25) is 23.4 Å². The van der Waals surface area contributed by atoms with E-state index in [1.54, 1.807) is 6.92 Å². The Morgan fingerprint density at radius 2 is 1.69 bits per heavy atom. The van der Waals surface area contributed by atoms with E-state index in [-0.39, 0.29) is 31.8 Å². The molecule has 0 radical (unpaired) electrons. The summed E-state index contributed by atoms with van der Waals surface area (Å²) in [6.45, 7) is 1.87. The molecule has 3 saturated carbocycles. The molecule has 21 heteroatoms. The number of amides is 1. The molecule has 0 aromatic carbocycles. The summed E-state index contributed by atoms with van der Waals surface area (Å²) in [5.41, 5.74) is -6.83. The molecule has 0 saturated heterocycles. The summed E-state index contributed by atoms with van der Waals surface area (Å²) in [6.07, 6.45) is 6.59. The molecule has 0 aliphatic heterocycles. The van der Waals surface area contributed by atoms with E-state index in [1.165, 1.54) is 32.1 Å². The second kappa shape index (κ2) is 16.4. The number of ether oxygens (including phenoxy) is 1. The van der Waals surface area contributed by atoms with Crippen molar-refractivity contribution in [2.75, 3.05) is 26.4 Å². The zero-order valence-corrected chi connectivity index (χ0v) is 33.4. The minimum absolute atomic E-state index is 0.130. The lowest BCUT2D eigenvalue weighted by atomic mass is 9.44. The number of fused-ring (bicyclic) bond motifs is 5. The highest BCUT2D eigenvalue weighted by molar-refractivity contribution is 7.66. The Labute approximate surface area is 318 Å². The number of nitrogens with one attached hydrogen (secondary N) is 1. The van der Waals surface area contributed by atoms with Crippen LogP contribution in [0.15, 0.2) is 23.8 Å². The van der Waals surface area contributed by atoms with Crippen molar-refractivity contribution < 1.29 is 79.8 Å². The van der Waals surface area contributed by atoms with Gasteiger partial charge in [0.25, 0.3) is 0 Å². The molecule has 3 fully saturated rings. The normalized spacial score (nSPS) is 38.9. The lowest BCUT2D eigenvalue weighted by Gasteiger charge is -2.62. The number of allylic oxidation sites excluding steroid dienone is 4. The topological polar surface area (TPSA) is 262 Å². The number of hydrogen-bond acceptors (Lipinski definition) is 13. The van der Waals surface area contributed by atoms with Crippen LogP contribution in [0.5, 0.6) is 0 Å². The van der Waals surface area contributed by atoms with Crippen molar-refractivity contribution in [1.82, 2.24) is 5.32 Å². The highest BCUT2D eigenvalue weighted by Crippen LogP contribution is 2.71. The highest BCUT2D eigenvalue weighted by atomic mass is 31.3. The van der Waals surface area contributed by atoms with Gasteiger partial charge in [0, 0.05) is 29.7 Å². The minimum atomic E-state index is -5.92. The first kappa shape index (κ1) is 44.2. The van der Waals surface area contributed by atoms with Crippen molar-refractivity contribution in [3.63, 3.8) is 0 Å². The molecule has 4 unspecified atom stereocenters. The summed E-state index contributed by atoms with van der Waals surface area (Å²) in [7, 11) is -17.1. The zero-order valence-electron chi connectivity index (χ0n) is 30.8. The average Bonchev–Trinajstić information content (AvgIpc) is 3.26. The van der Waals surface area contributed by atoms with Crippen LogP contribution >= 0.6 is 23.5 Å². The first-order valence-electron chi connectivity index (χ1n) is 18.1. The van der Waals surface area contributed by atoms with Crippen LogP contribution in [0, 0.1) is 40.4 Å². The third-order valence-corrected chi connectivity index (χ3v) is 16.3. The second-order valence-electron chi connectivity index (χ2n) is 15.3. The van der Waals surface area contributed by atoms with Crippen LogP contribution in [0.25, 0.3) is 0 Å². The van der Waals surface area contributed by atoms with Gasteiger partial charge in [-0.15, -0.1) is 5.92 Å². The predicted molar refractivity (Wildman–Crippen MR) is 190 cm³/mol. The van der Waals surface area contributed by atoms with E-state index in [0.717, 1.165) is 25.7 Å². The van der Waals surface area contributed by atoms with Crippen molar-refractivity contribution in [2.24, 2.45) is 28.6 Å². The van der Waals surface area contributed by atoms with Gasteiger partial charge in [-0.1, -0.05) is 37.8 Å². The van der Waals surface area contributed by atoms with Crippen molar-refractivity contribution in [3.8, 4) is 11.8 Å². The summed E-state index contributed by atoms with van der Waals surface area (Å²) < 4.78 is 77.6. The molecule has 5 rings (SSSR count). The number of phosphoric ester groups is 2. The van der Waals surface area contributed by atoms with Gasteiger partial charge in [0.1, 0.15) is 24.9 Å². The Balaban J connectivity index is 1.14. The Bertz CT molecular complexity index is 1810. The fourth-order valence-corrected chi connectivity index (χ4v) is 12.8. The summed E-state index contributed by atoms with van der Waals surface area (Å²) in [6, 6.07) is 0. The largest absolute Gasteiger partial charge is 0.490 e. The number of halogens is 1. The van der Waals surface area contributed by atoms with Crippen LogP contribution in [0.2, 0.25) is 0 Å². The molecule has 0 bridgehead atoms. The van der Waals surface area contributed by atoms with Gasteiger partial charge in [-0.05, 0) is 75.9 Å². The number of Topliss-reactive ketones (excluding diaryl/α,β-unsaturated/α-hetero) is 1. The molecule has 5 aliphatic carbocycles. The number of hydrogen-bond donors (Lipinski definition) is 6. The van der Waals surface area contributed by atoms with Crippen LogP contribution in [0.1, 0.15) is 78.6 Å². The fourth-order valence-electron chi connectivity index (χ4n) is 9.40. The Kier molecular flexibility index (Phi) is 13.2. The molecule has 55 heavy (non-hydrogen) atoms. The van der Waals surface area contributed by atoms with Crippen LogP contribution in [0.3, 0.4) is 0 Å². The monoisotopic (exact) mass is 839 g/mol. The molecule has 1 amide bonds. The quantitative estimate of drug-likeness (QED) is 0.0780. The molecule has 0 heterocycles. The number of alkyl halides is 1. The second-order valence-corrected chi connectivity index (χ2v) is 20.0. The van der Waals surface area contributed by atoms with Gasteiger partial charge < -0.3 is 34.9 Å². The smallest absolute Gasteiger partial charge is 0.390 e. The van der Waals surface area contributed by atoms with E-state index in [2.05, 4.69) is 34.8 Å². The third-order valence-electron chi connectivity index (χ3n) is 12.0. The van der Waals surface area contributed by atoms with E-state index < -0.39 is 107 Å². The number of carbonyl (C=O) groups excluding carboxylic acids is 3. The van der Waals surface area contributed by atoms with Crippen molar-refractivity contribution in [3.05, 3.63) is 23.8 Å². The lowest BCUT2D eigenvalue weighted by Crippen LogP contribution is -2.69. The Hall–Kier alpha value is -1.93. The van der Waals surface area contributed by atoms with Gasteiger partial charge >= 0.3 is 23.5 Å². The maximum absolute atomic E-state index is 17.4. The summed E-state index contributed by atoms with van der Waals surface area (Å²) in [4.78, 5) is 67.9. The third kappa shape index (κ3) is 8.91. The number of aliphatic hydroxyl groups is 2. The molecule has 0 aromatic rings. The molecule has 0 aromatic heterocycles. The Morgan fingerprint density at radius 1 is 1.00 bits per heavy atom. The maximum atomic E-state index is 17.4. The number of carbonyl (C=O) groups is 3. The number of ketones is 2. The van der Waals surface area contributed by atoms with Gasteiger partial charge in [0.2, 0.25) is 5.91 Å². The summed E-state index contributed by atoms with van der Waals surface area (Å²) in [5, 5.41) is 25.8. The van der Waals surface area contributed by atoms with Gasteiger partial charge in [0.15, 0.2) is 17.2 Å². The van der Waals surface area contributed by atoms with Crippen molar-refractivity contribution in [2.45, 2.75) is 102 Å². The molecule has 5 aliphatic rings. The average molecular weight is 840 g/mol. The minimum Gasteiger partial charge on any atom is -0.390 e. The van der Waals surface area contributed by atoms with Gasteiger partial charge in [-0.25, -0.2) is 18.1 Å². The molecule has 308 valence electrons. The lowest BCUT2D eigenvalue weighted by molar-refractivity contribution is -0.219. The Morgan fingerprint density at radius 3 is 2.40 bits per heavy atom. The maximum Gasteiger partial charge on any atom is 0.490 e. The highest BCUT2D eigenvalue weighted by Gasteiger charge is 2.75. The molecular weight excluding hydrogens is 790 g/mol. The van der Waals surface area contributed by atoms with Crippen LogP contribution in [-0.4, -0.2) is 92.2 Å². The van der Waals surface area contributed by atoms with Gasteiger partial charge in [0.05, 0.1) is 12.7 Å². The summed E-state index contributed by atoms with van der Waals surface area (Å²) >= 11 is 0. The molecular formula is C34H49FNO16P3. The first-order chi connectivity index (χ1) is 25.5.